The van der Waals surface area contributed by atoms with E-state index in [1.165, 1.54) is 51.4 Å². The van der Waals surface area contributed by atoms with E-state index in [4.69, 9.17) is 4.74 Å². The van der Waals surface area contributed by atoms with Gasteiger partial charge in [0.15, 0.2) is 0 Å². The van der Waals surface area contributed by atoms with Crippen molar-refractivity contribution in [3.8, 4) is 0 Å². The van der Waals surface area contributed by atoms with Gasteiger partial charge in [0.05, 0.1) is 5.92 Å². The number of rotatable bonds is 11. The molecule has 2 heteroatoms. The number of unbranched alkanes of at least 4 members (excludes halogenated alkanes) is 2. The number of carbonyl (C=O) groups excluding carboxylic acids is 1. The summed E-state index contributed by atoms with van der Waals surface area (Å²) in [7, 11) is 0. The van der Waals surface area contributed by atoms with E-state index in [1.807, 2.05) is 0 Å². The Kier molecular flexibility index (Phi) is 7.32. The Labute approximate surface area is 173 Å². The average Bonchev–Trinajstić information content (AvgIpc) is 2.62. The van der Waals surface area contributed by atoms with Crippen molar-refractivity contribution in [3.05, 3.63) is 12.2 Å². The summed E-state index contributed by atoms with van der Waals surface area (Å²) in [6.07, 6.45) is 20.3. The first kappa shape index (κ1) is 21.9. The van der Waals surface area contributed by atoms with Gasteiger partial charge in [-0.2, -0.15) is 0 Å². The minimum Gasteiger partial charge on any atom is -0.459 e. The van der Waals surface area contributed by atoms with Crippen molar-refractivity contribution in [3.63, 3.8) is 0 Å². The van der Waals surface area contributed by atoms with Crippen molar-refractivity contribution < 1.29 is 9.53 Å². The minimum atomic E-state index is -0.312. The van der Waals surface area contributed by atoms with Crippen molar-refractivity contribution in [1.29, 1.82) is 0 Å². The highest BCUT2D eigenvalue weighted by Gasteiger charge is 2.58. The molecule has 4 aliphatic carbocycles. The van der Waals surface area contributed by atoms with Crippen LogP contribution in [0.15, 0.2) is 12.2 Å². The third-order valence-corrected chi connectivity index (χ3v) is 8.19. The summed E-state index contributed by atoms with van der Waals surface area (Å²) < 4.78 is 6.38. The van der Waals surface area contributed by atoms with Crippen LogP contribution in [0.4, 0.5) is 0 Å². The minimum absolute atomic E-state index is 0.0813. The molecule has 4 aliphatic rings. The maximum Gasteiger partial charge on any atom is 0.309 e. The molecule has 0 aromatic heterocycles. The van der Waals surface area contributed by atoms with Crippen LogP contribution in [0.1, 0.15) is 111 Å². The summed E-state index contributed by atoms with van der Waals surface area (Å²) in [5.41, 5.74) is -0.0653. The maximum absolute atomic E-state index is 13.2. The highest BCUT2D eigenvalue weighted by atomic mass is 16.6. The third-order valence-electron chi connectivity index (χ3n) is 8.19. The SMILES string of the molecule is CCCC=CCCCC(CCC)C(=O)OC(C)(C)C12CC3CC(CC(C3)C1)C2. The van der Waals surface area contributed by atoms with Crippen molar-refractivity contribution in [2.75, 3.05) is 0 Å². The molecule has 0 heterocycles. The number of carbonyl (C=O) groups is 1. The van der Waals surface area contributed by atoms with Gasteiger partial charge in [-0.1, -0.05) is 38.8 Å². The molecule has 0 amide bonds. The van der Waals surface area contributed by atoms with Gasteiger partial charge in [-0.05, 0) is 102 Å². The standard InChI is InChI=1S/C26H44O2/c1-5-7-8-9-10-11-13-23(12-6-2)24(27)28-25(3,4)26-17-20-14-21(18-26)16-22(15-20)19-26/h8-9,20-23H,5-7,10-19H2,1-4H3. The molecule has 0 saturated heterocycles. The van der Waals surface area contributed by atoms with Crippen molar-refractivity contribution in [2.24, 2.45) is 29.1 Å². The van der Waals surface area contributed by atoms with Crippen molar-refractivity contribution in [2.45, 2.75) is 117 Å². The third kappa shape index (κ3) is 4.85. The summed E-state index contributed by atoms with van der Waals surface area (Å²) in [4.78, 5) is 13.2. The summed E-state index contributed by atoms with van der Waals surface area (Å²) in [5.74, 6) is 2.85. The van der Waals surface area contributed by atoms with Gasteiger partial charge in [0.2, 0.25) is 0 Å². The number of hydrogen-bond donors (Lipinski definition) is 0. The quantitative estimate of drug-likeness (QED) is 0.208. The molecule has 0 radical (unpaired) electrons. The second-order valence-electron chi connectivity index (χ2n) is 10.8. The van der Waals surface area contributed by atoms with E-state index in [0.29, 0.717) is 0 Å². The van der Waals surface area contributed by atoms with Gasteiger partial charge in [-0.15, -0.1) is 0 Å². The van der Waals surface area contributed by atoms with E-state index in [-0.39, 0.29) is 22.9 Å². The van der Waals surface area contributed by atoms with Gasteiger partial charge >= 0.3 is 5.97 Å². The monoisotopic (exact) mass is 388 g/mol. The van der Waals surface area contributed by atoms with Gasteiger partial charge in [-0.25, -0.2) is 0 Å². The first-order valence-corrected chi connectivity index (χ1v) is 12.3. The van der Waals surface area contributed by atoms with Crippen molar-refractivity contribution >= 4 is 5.97 Å². The van der Waals surface area contributed by atoms with E-state index >= 15 is 0 Å². The highest BCUT2D eigenvalue weighted by Crippen LogP contribution is 2.64. The zero-order chi connectivity index (χ0) is 20.2. The molecule has 28 heavy (non-hydrogen) atoms. The Hall–Kier alpha value is -0.790. The molecule has 0 aliphatic heterocycles. The molecule has 0 aromatic carbocycles. The van der Waals surface area contributed by atoms with Crippen LogP contribution < -0.4 is 0 Å². The fourth-order valence-corrected chi connectivity index (χ4v) is 6.90. The molecule has 4 fully saturated rings. The molecule has 4 bridgehead atoms. The summed E-state index contributed by atoms with van der Waals surface area (Å²) in [6.45, 7) is 8.86. The Morgan fingerprint density at radius 1 is 0.964 bits per heavy atom. The topological polar surface area (TPSA) is 26.3 Å². The molecule has 4 rings (SSSR count). The Morgan fingerprint density at radius 3 is 2.07 bits per heavy atom. The normalized spacial score (nSPS) is 32.8. The van der Waals surface area contributed by atoms with Crippen LogP contribution in [0.5, 0.6) is 0 Å². The van der Waals surface area contributed by atoms with E-state index in [0.717, 1.165) is 49.9 Å². The lowest BCUT2D eigenvalue weighted by Gasteiger charge is -2.61. The lowest BCUT2D eigenvalue weighted by atomic mass is 9.46. The van der Waals surface area contributed by atoms with Crippen LogP contribution in [-0.2, 0) is 9.53 Å². The predicted octanol–water partition coefficient (Wildman–Crippen LogP) is 7.47. The summed E-state index contributed by atoms with van der Waals surface area (Å²) in [5, 5.41) is 0. The van der Waals surface area contributed by atoms with E-state index in [2.05, 4.69) is 39.8 Å². The second kappa shape index (κ2) is 9.35. The maximum atomic E-state index is 13.2. The van der Waals surface area contributed by atoms with Crippen molar-refractivity contribution in [1.82, 2.24) is 0 Å². The molecule has 1 atom stereocenters. The van der Waals surface area contributed by atoms with Gasteiger partial charge in [0.25, 0.3) is 0 Å². The van der Waals surface area contributed by atoms with Crippen LogP contribution in [0.3, 0.4) is 0 Å². The van der Waals surface area contributed by atoms with E-state index < -0.39 is 0 Å². The number of hydrogen-bond acceptors (Lipinski definition) is 2. The van der Waals surface area contributed by atoms with Crippen LogP contribution in [-0.4, -0.2) is 11.6 Å². The smallest absolute Gasteiger partial charge is 0.309 e. The highest BCUT2D eigenvalue weighted by molar-refractivity contribution is 5.73. The number of allylic oxidation sites excluding steroid dienone is 2. The van der Waals surface area contributed by atoms with Crippen LogP contribution in [0.2, 0.25) is 0 Å². The number of ether oxygens (including phenoxy) is 1. The van der Waals surface area contributed by atoms with Gasteiger partial charge in [0.1, 0.15) is 5.60 Å². The van der Waals surface area contributed by atoms with Gasteiger partial charge in [-0.3, -0.25) is 4.79 Å². The molecule has 0 aromatic rings. The Morgan fingerprint density at radius 2 is 1.54 bits per heavy atom. The molecule has 0 N–H and O–H groups in total. The average molecular weight is 389 g/mol. The second-order valence-corrected chi connectivity index (χ2v) is 10.8. The van der Waals surface area contributed by atoms with Crippen LogP contribution in [0, 0.1) is 29.1 Å². The molecule has 1 unspecified atom stereocenters. The van der Waals surface area contributed by atoms with Gasteiger partial charge in [0, 0.05) is 5.41 Å². The summed E-state index contributed by atoms with van der Waals surface area (Å²) >= 11 is 0. The van der Waals surface area contributed by atoms with Crippen LogP contribution in [0.25, 0.3) is 0 Å². The van der Waals surface area contributed by atoms with E-state index in [1.54, 1.807) is 0 Å². The van der Waals surface area contributed by atoms with Crippen LogP contribution >= 0.6 is 0 Å². The predicted molar refractivity (Wildman–Crippen MR) is 117 cm³/mol. The fraction of sp³-hybridized carbons (Fsp3) is 0.885. The summed E-state index contributed by atoms with van der Waals surface area (Å²) in [6, 6.07) is 0. The largest absolute Gasteiger partial charge is 0.459 e. The molecule has 2 nitrogen and oxygen atoms in total. The molecular weight excluding hydrogens is 344 g/mol. The molecule has 0 spiro atoms. The Bertz CT molecular complexity index is 509. The van der Waals surface area contributed by atoms with Gasteiger partial charge < -0.3 is 4.74 Å². The molecule has 160 valence electrons. The lowest BCUT2D eigenvalue weighted by molar-refractivity contribution is -0.202. The zero-order valence-corrected chi connectivity index (χ0v) is 19.0. The van der Waals surface area contributed by atoms with E-state index in [9.17, 15) is 4.79 Å². The first-order chi connectivity index (χ1) is 13.4. The first-order valence-electron chi connectivity index (χ1n) is 12.3. The zero-order valence-electron chi connectivity index (χ0n) is 19.0. The number of esters is 1. The molecule has 4 saturated carbocycles. The fourth-order valence-electron chi connectivity index (χ4n) is 6.90. The Balaban J connectivity index is 1.57. The lowest BCUT2D eigenvalue weighted by Crippen LogP contribution is -2.57. The molecular formula is C26H44O2.